The SMILES string of the molecule is CC(CCC(=O)O)CNc1nccc(C(F)(F)F)n1. The van der Waals surface area contributed by atoms with Crippen LogP contribution in [0.15, 0.2) is 12.3 Å². The largest absolute Gasteiger partial charge is 0.481 e. The zero-order chi connectivity index (χ0) is 14.5. The molecule has 1 atom stereocenters. The van der Waals surface area contributed by atoms with Gasteiger partial charge in [0.25, 0.3) is 0 Å². The lowest BCUT2D eigenvalue weighted by Gasteiger charge is -2.12. The number of aliphatic carboxylic acids is 1. The first kappa shape index (κ1) is 15.2. The molecule has 0 saturated heterocycles. The van der Waals surface area contributed by atoms with E-state index in [9.17, 15) is 18.0 Å². The van der Waals surface area contributed by atoms with E-state index in [1.165, 1.54) is 0 Å². The van der Waals surface area contributed by atoms with Crippen molar-refractivity contribution in [3.8, 4) is 0 Å². The minimum atomic E-state index is -4.51. The van der Waals surface area contributed by atoms with E-state index in [0.717, 1.165) is 12.3 Å². The van der Waals surface area contributed by atoms with E-state index in [-0.39, 0.29) is 18.3 Å². The third kappa shape index (κ3) is 5.54. The Morgan fingerprint density at radius 3 is 2.79 bits per heavy atom. The third-order valence-corrected chi connectivity index (χ3v) is 2.41. The summed E-state index contributed by atoms with van der Waals surface area (Å²) in [6.45, 7) is 2.11. The molecule has 2 N–H and O–H groups in total. The highest BCUT2D eigenvalue weighted by Gasteiger charge is 2.32. The lowest BCUT2D eigenvalue weighted by Crippen LogP contribution is -2.16. The number of nitrogens with one attached hydrogen (secondary N) is 1. The van der Waals surface area contributed by atoms with E-state index in [1.54, 1.807) is 6.92 Å². The fourth-order valence-corrected chi connectivity index (χ4v) is 1.34. The van der Waals surface area contributed by atoms with Crippen molar-refractivity contribution in [2.24, 2.45) is 5.92 Å². The van der Waals surface area contributed by atoms with Gasteiger partial charge in [0, 0.05) is 19.2 Å². The summed E-state index contributed by atoms with van der Waals surface area (Å²) in [7, 11) is 0. The Kier molecular flexibility index (Phi) is 5.08. The first-order valence-corrected chi connectivity index (χ1v) is 5.65. The number of anilines is 1. The molecule has 0 aromatic carbocycles. The van der Waals surface area contributed by atoms with Gasteiger partial charge in [-0.15, -0.1) is 0 Å². The summed E-state index contributed by atoms with van der Waals surface area (Å²) >= 11 is 0. The third-order valence-electron chi connectivity index (χ3n) is 2.41. The van der Waals surface area contributed by atoms with Crippen molar-refractivity contribution in [2.75, 3.05) is 11.9 Å². The van der Waals surface area contributed by atoms with Crippen LogP contribution in [0.1, 0.15) is 25.5 Å². The predicted octanol–water partition coefficient (Wildman–Crippen LogP) is 2.41. The number of carboxylic acid groups (broad SMARTS) is 1. The fourth-order valence-electron chi connectivity index (χ4n) is 1.34. The van der Waals surface area contributed by atoms with Crippen molar-refractivity contribution in [2.45, 2.75) is 25.9 Å². The number of halogens is 3. The van der Waals surface area contributed by atoms with Gasteiger partial charge in [-0.1, -0.05) is 6.92 Å². The molecule has 1 rings (SSSR count). The molecule has 0 amide bonds. The highest BCUT2D eigenvalue weighted by atomic mass is 19.4. The molecular formula is C11H14F3N3O2. The van der Waals surface area contributed by atoms with Gasteiger partial charge in [0.15, 0.2) is 0 Å². The Balaban J connectivity index is 2.51. The molecule has 1 aromatic rings. The van der Waals surface area contributed by atoms with Crippen LogP contribution in [0.5, 0.6) is 0 Å². The molecule has 0 bridgehead atoms. The Labute approximate surface area is 107 Å². The number of rotatable bonds is 6. The molecule has 0 spiro atoms. The van der Waals surface area contributed by atoms with Crippen molar-refractivity contribution in [1.29, 1.82) is 0 Å². The van der Waals surface area contributed by atoms with Gasteiger partial charge < -0.3 is 10.4 Å². The molecule has 19 heavy (non-hydrogen) atoms. The number of carbonyl (C=O) groups is 1. The van der Waals surface area contributed by atoms with E-state index in [4.69, 9.17) is 5.11 Å². The Morgan fingerprint density at radius 2 is 2.21 bits per heavy atom. The molecule has 106 valence electrons. The standard InChI is InChI=1S/C11H14F3N3O2/c1-7(2-3-9(18)19)6-16-10-15-5-4-8(17-10)11(12,13)14/h4-5,7H,2-3,6H2,1H3,(H,18,19)(H,15,16,17). The van der Waals surface area contributed by atoms with Crippen LogP contribution in [-0.2, 0) is 11.0 Å². The maximum atomic E-state index is 12.4. The molecule has 0 fully saturated rings. The minimum absolute atomic E-state index is 0.00533. The van der Waals surface area contributed by atoms with Crippen LogP contribution in [0.2, 0.25) is 0 Å². The zero-order valence-electron chi connectivity index (χ0n) is 10.2. The summed E-state index contributed by atoms with van der Waals surface area (Å²) in [5.41, 5.74) is -1.01. The Hall–Kier alpha value is -1.86. The molecule has 0 radical (unpaired) electrons. The number of carboxylic acids is 1. The second-order valence-corrected chi connectivity index (χ2v) is 4.18. The molecule has 0 aliphatic rings. The number of alkyl halides is 3. The summed E-state index contributed by atoms with van der Waals surface area (Å²) < 4.78 is 37.2. The van der Waals surface area contributed by atoms with Gasteiger partial charge in [0.05, 0.1) is 0 Å². The summed E-state index contributed by atoms with van der Waals surface area (Å²) in [6, 6.07) is 0.791. The lowest BCUT2D eigenvalue weighted by atomic mass is 10.1. The van der Waals surface area contributed by atoms with Crippen LogP contribution in [0.4, 0.5) is 19.1 Å². The van der Waals surface area contributed by atoms with Crippen molar-refractivity contribution in [1.82, 2.24) is 9.97 Å². The van der Waals surface area contributed by atoms with Gasteiger partial charge in [-0.25, -0.2) is 9.97 Å². The van der Waals surface area contributed by atoms with E-state index >= 15 is 0 Å². The molecule has 0 aliphatic heterocycles. The van der Waals surface area contributed by atoms with Crippen LogP contribution in [0.25, 0.3) is 0 Å². The van der Waals surface area contributed by atoms with Gasteiger partial charge in [-0.05, 0) is 18.4 Å². The monoisotopic (exact) mass is 277 g/mol. The van der Waals surface area contributed by atoms with Crippen molar-refractivity contribution in [3.05, 3.63) is 18.0 Å². The van der Waals surface area contributed by atoms with Crippen LogP contribution in [-0.4, -0.2) is 27.6 Å². The highest BCUT2D eigenvalue weighted by Crippen LogP contribution is 2.27. The van der Waals surface area contributed by atoms with Gasteiger partial charge in [-0.3, -0.25) is 4.79 Å². The topological polar surface area (TPSA) is 75.1 Å². The zero-order valence-corrected chi connectivity index (χ0v) is 10.2. The van der Waals surface area contributed by atoms with E-state index in [0.29, 0.717) is 13.0 Å². The number of aromatic nitrogens is 2. The molecule has 1 unspecified atom stereocenters. The maximum Gasteiger partial charge on any atom is 0.433 e. The predicted molar refractivity (Wildman–Crippen MR) is 61.6 cm³/mol. The molecular weight excluding hydrogens is 263 g/mol. The van der Waals surface area contributed by atoms with Gasteiger partial charge in [-0.2, -0.15) is 13.2 Å². The first-order chi connectivity index (χ1) is 8.79. The van der Waals surface area contributed by atoms with Crippen LogP contribution in [0.3, 0.4) is 0 Å². The lowest BCUT2D eigenvalue weighted by molar-refractivity contribution is -0.141. The molecule has 0 aliphatic carbocycles. The summed E-state index contributed by atoms with van der Waals surface area (Å²) in [6.07, 6.45) is -3.03. The quantitative estimate of drug-likeness (QED) is 0.835. The molecule has 1 heterocycles. The van der Waals surface area contributed by atoms with Gasteiger partial charge >= 0.3 is 12.1 Å². The Morgan fingerprint density at radius 1 is 1.53 bits per heavy atom. The molecule has 8 heteroatoms. The molecule has 0 saturated carbocycles. The number of hydrogen-bond acceptors (Lipinski definition) is 4. The Bertz CT molecular complexity index is 437. The fraction of sp³-hybridized carbons (Fsp3) is 0.545. The average Bonchev–Trinajstić information content (AvgIpc) is 2.33. The minimum Gasteiger partial charge on any atom is -0.481 e. The second-order valence-electron chi connectivity index (χ2n) is 4.18. The van der Waals surface area contributed by atoms with Crippen LogP contribution >= 0.6 is 0 Å². The van der Waals surface area contributed by atoms with Gasteiger partial charge in [0.2, 0.25) is 5.95 Å². The van der Waals surface area contributed by atoms with Crippen molar-refractivity contribution in [3.63, 3.8) is 0 Å². The number of hydrogen-bond donors (Lipinski definition) is 2. The normalized spacial score (nSPS) is 13.1. The van der Waals surface area contributed by atoms with Gasteiger partial charge in [0.1, 0.15) is 5.69 Å². The van der Waals surface area contributed by atoms with E-state index in [2.05, 4.69) is 15.3 Å². The van der Waals surface area contributed by atoms with E-state index in [1.807, 2.05) is 0 Å². The van der Waals surface area contributed by atoms with Crippen LogP contribution < -0.4 is 5.32 Å². The van der Waals surface area contributed by atoms with Crippen molar-refractivity contribution >= 4 is 11.9 Å². The smallest absolute Gasteiger partial charge is 0.433 e. The number of nitrogens with zero attached hydrogens (tertiary/aromatic N) is 2. The second kappa shape index (κ2) is 6.35. The van der Waals surface area contributed by atoms with E-state index < -0.39 is 17.8 Å². The molecule has 1 aromatic heterocycles. The highest BCUT2D eigenvalue weighted by molar-refractivity contribution is 5.66. The summed E-state index contributed by atoms with van der Waals surface area (Å²) in [5.74, 6) is -1.02. The van der Waals surface area contributed by atoms with Crippen molar-refractivity contribution < 1.29 is 23.1 Å². The summed E-state index contributed by atoms with van der Waals surface area (Å²) in [5, 5.41) is 11.2. The average molecular weight is 277 g/mol. The van der Waals surface area contributed by atoms with Crippen LogP contribution in [0, 0.1) is 5.92 Å². The first-order valence-electron chi connectivity index (χ1n) is 5.65. The summed E-state index contributed by atoms with van der Waals surface area (Å²) in [4.78, 5) is 17.4. The maximum absolute atomic E-state index is 12.4. The molecule has 5 nitrogen and oxygen atoms in total.